The van der Waals surface area contributed by atoms with E-state index in [-0.39, 0.29) is 28.8 Å². The molecule has 9 nitrogen and oxygen atoms in total. The van der Waals surface area contributed by atoms with Crippen LogP contribution in [0, 0.1) is 0 Å². The predicted molar refractivity (Wildman–Crippen MR) is 102 cm³/mol. The molecule has 1 aromatic rings. The molecule has 0 atom stereocenters. The van der Waals surface area contributed by atoms with Gasteiger partial charge in [0.2, 0.25) is 5.91 Å². The van der Waals surface area contributed by atoms with Gasteiger partial charge < -0.3 is 19.9 Å². The summed E-state index contributed by atoms with van der Waals surface area (Å²) in [5.41, 5.74) is 0.516. The second-order valence-electron chi connectivity index (χ2n) is 5.48. The molecule has 11 heteroatoms. The summed E-state index contributed by atoms with van der Waals surface area (Å²) in [5.74, 6) is -2.01. The van der Waals surface area contributed by atoms with Gasteiger partial charge in [-0.3, -0.25) is 19.3 Å². The van der Waals surface area contributed by atoms with Crippen molar-refractivity contribution < 1.29 is 33.8 Å². The molecule has 1 saturated heterocycles. The second kappa shape index (κ2) is 10.1. The molecule has 2 rings (SSSR count). The van der Waals surface area contributed by atoms with Gasteiger partial charge in [-0.15, -0.1) is 0 Å². The van der Waals surface area contributed by atoms with E-state index in [1.54, 1.807) is 6.07 Å². The van der Waals surface area contributed by atoms with Crippen LogP contribution in [0.3, 0.4) is 0 Å². The molecule has 0 unspecified atom stereocenters. The molecule has 0 aromatic heterocycles. The molecule has 0 spiro atoms. The Labute approximate surface area is 169 Å². The van der Waals surface area contributed by atoms with Crippen LogP contribution in [0.4, 0.5) is 4.79 Å². The van der Waals surface area contributed by atoms with Crippen molar-refractivity contribution in [2.24, 2.45) is 0 Å². The molecule has 1 aliphatic heterocycles. The maximum atomic E-state index is 12.4. The number of thioether (sulfide) groups is 1. The van der Waals surface area contributed by atoms with Gasteiger partial charge in [0.15, 0.2) is 6.61 Å². The first-order chi connectivity index (χ1) is 13.3. The molecule has 2 N–H and O–H groups in total. The Hall–Kier alpha value is -2.56. The van der Waals surface area contributed by atoms with Crippen molar-refractivity contribution in [3.63, 3.8) is 0 Å². The first-order valence-electron chi connectivity index (χ1n) is 7.97. The van der Waals surface area contributed by atoms with Crippen molar-refractivity contribution in [1.82, 2.24) is 10.2 Å². The molecule has 28 heavy (non-hydrogen) atoms. The molecular formula is C17H17ClN2O7S. The minimum Gasteiger partial charge on any atom is -0.480 e. The molecule has 1 heterocycles. The van der Waals surface area contributed by atoms with Gasteiger partial charge >= 0.3 is 5.97 Å². The molecule has 0 aliphatic carbocycles. The van der Waals surface area contributed by atoms with Gasteiger partial charge in [0.25, 0.3) is 11.1 Å². The Kier molecular flexibility index (Phi) is 7.85. The Balaban J connectivity index is 2.05. The SMILES string of the molecule is COCCNC(=O)CN1C(=O)S/C(=C\c2ccc(OCC(=O)O)c(Cl)c2)C1=O. The van der Waals surface area contributed by atoms with Gasteiger partial charge in [0.1, 0.15) is 12.3 Å². The fraction of sp³-hybridized carbons (Fsp3) is 0.294. The highest BCUT2D eigenvalue weighted by Crippen LogP contribution is 2.33. The van der Waals surface area contributed by atoms with Crippen LogP contribution < -0.4 is 10.1 Å². The molecule has 3 amide bonds. The maximum absolute atomic E-state index is 12.4. The van der Waals surface area contributed by atoms with Gasteiger partial charge in [-0.1, -0.05) is 17.7 Å². The molecule has 0 saturated carbocycles. The topological polar surface area (TPSA) is 122 Å². The lowest BCUT2D eigenvalue weighted by Gasteiger charge is -2.12. The third-order valence-electron chi connectivity index (χ3n) is 3.41. The number of carboxylic acids is 1. The molecule has 1 fully saturated rings. The smallest absolute Gasteiger partial charge is 0.341 e. The largest absolute Gasteiger partial charge is 0.480 e. The second-order valence-corrected chi connectivity index (χ2v) is 6.88. The van der Waals surface area contributed by atoms with Crippen molar-refractivity contribution >= 4 is 52.5 Å². The lowest BCUT2D eigenvalue weighted by Crippen LogP contribution is -2.40. The Morgan fingerprint density at radius 3 is 2.75 bits per heavy atom. The van der Waals surface area contributed by atoms with Gasteiger partial charge in [-0.25, -0.2) is 4.79 Å². The summed E-state index contributed by atoms with van der Waals surface area (Å²) in [4.78, 5) is 47.8. The van der Waals surface area contributed by atoms with Crippen molar-refractivity contribution in [1.29, 1.82) is 0 Å². The van der Waals surface area contributed by atoms with Crippen LogP contribution in [0.15, 0.2) is 23.1 Å². The number of carboxylic acid groups (broad SMARTS) is 1. The zero-order valence-corrected chi connectivity index (χ0v) is 16.3. The zero-order chi connectivity index (χ0) is 20.7. The van der Waals surface area contributed by atoms with Crippen LogP contribution in [0.25, 0.3) is 6.08 Å². The lowest BCUT2D eigenvalue weighted by atomic mass is 10.2. The van der Waals surface area contributed by atoms with E-state index in [4.69, 9.17) is 26.2 Å². The van der Waals surface area contributed by atoms with Crippen LogP contribution in [-0.2, 0) is 19.1 Å². The molecule has 1 aromatic carbocycles. The lowest BCUT2D eigenvalue weighted by molar-refractivity contribution is -0.139. The van der Waals surface area contributed by atoms with Crippen molar-refractivity contribution in [3.8, 4) is 5.75 Å². The van der Waals surface area contributed by atoms with Crippen LogP contribution >= 0.6 is 23.4 Å². The third kappa shape index (κ3) is 5.98. The monoisotopic (exact) mass is 428 g/mol. The van der Waals surface area contributed by atoms with Crippen molar-refractivity contribution in [2.45, 2.75) is 0 Å². The van der Waals surface area contributed by atoms with Crippen molar-refractivity contribution in [2.75, 3.05) is 33.4 Å². The van der Waals surface area contributed by atoms with E-state index >= 15 is 0 Å². The normalized spacial score (nSPS) is 15.2. The standard InChI is InChI=1S/C17H17ClN2O7S/c1-26-5-4-19-14(21)8-20-16(24)13(28-17(20)25)7-10-2-3-12(11(18)6-10)27-9-15(22)23/h2-3,6-7H,4-5,8-9H2,1H3,(H,19,21)(H,22,23)/b13-7-. The number of carbonyl (C=O) groups excluding carboxylic acids is 3. The van der Waals surface area contributed by atoms with Gasteiger partial charge in [-0.2, -0.15) is 0 Å². The van der Waals surface area contributed by atoms with E-state index in [1.807, 2.05) is 0 Å². The average molecular weight is 429 g/mol. The number of ether oxygens (including phenoxy) is 2. The zero-order valence-electron chi connectivity index (χ0n) is 14.8. The summed E-state index contributed by atoms with van der Waals surface area (Å²) in [6.07, 6.45) is 1.46. The number of nitrogens with zero attached hydrogens (tertiary/aromatic N) is 1. The van der Waals surface area contributed by atoms with Gasteiger partial charge in [0, 0.05) is 13.7 Å². The first-order valence-corrected chi connectivity index (χ1v) is 9.16. The summed E-state index contributed by atoms with van der Waals surface area (Å²) in [6, 6.07) is 4.50. The van der Waals surface area contributed by atoms with E-state index in [9.17, 15) is 19.2 Å². The number of nitrogens with one attached hydrogen (secondary N) is 1. The summed E-state index contributed by atoms with van der Waals surface area (Å²) in [5, 5.41) is 10.8. The number of hydrogen-bond donors (Lipinski definition) is 2. The van der Waals surface area contributed by atoms with Crippen LogP contribution in [0.5, 0.6) is 5.75 Å². The van der Waals surface area contributed by atoms with Gasteiger partial charge in [-0.05, 0) is 35.5 Å². The fourth-order valence-electron chi connectivity index (χ4n) is 2.14. The van der Waals surface area contributed by atoms with Crippen molar-refractivity contribution in [3.05, 3.63) is 33.7 Å². The highest BCUT2D eigenvalue weighted by molar-refractivity contribution is 8.18. The number of carbonyl (C=O) groups is 4. The number of benzene rings is 1. The van der Waals surface area contributed by atoms with E-state index in [0.29, 0.717) is 23.9 Å². The molecular weight excluding hydrogens is 412 g/mol. The number of hydrogen-bond acceptors (Lipinski definition) is 7. The predicted octanol–water partition coefficient (Wildman–Crippen LogP) is 1.60. The number of imide groups is 1. The fourth-order valence-corrected chi connectivity index (χ4v) is 3.22. The molecule has 150 valence electrons. The number of aliphatic carboxylic acids is 1. The quantitative estimate of drug-likeness (QED) is 0.449. The summed E-state index contributed by atoms with van der Waals surface area (Å²) in [7, 11) is 1.49. The van der Waals surface area contributed by atoms with Gasteiger partial charge in [0.05, 0.1) is 16.5 Å². The average Bonchev–Trinajstić information content (AvgIpc) is 2.88. The van der Waals surface area contributed by atoms with E-state index in [0.717, 1.165) is 4.90 Å². The minimum atomic E-state index is -1.14. The van der Waals surface area contributed by atoms with E-state index in [1.165, 1.54) is 25.3 Å². The number of amides is 3. The first kappa shape index (κ1) is 21.7. The highest BCUT2D eigenvalue weighted by atomic mass is 35.5. The molecule has 0 radical (unpaired) electrons. The third-order valence-corrected chi connectivity index (χ3v) is 4.61. The summed E-state index contributed by atoms with van der Waals surface area (Å²) >= 11 is 6.75. The van der Waals surface area contributed by atoms with E-state index < -0.39 is 29.6 Å². The Bertz CT molecular complexity index is 828. The minimum absolute atomic E-state index is 0.143. The maximum Gasteiger partial charge on any atom is 0.341 e. The number of halogens is 1. The summed E-state index contributed by atoms with van der Waals surface area (Å²) in [6.45, 7) is -0.324. The van der Waals surface area contributed by atoms with Crippen LogP contribution in [0.1, 0.15) is 5.56 Å². The molecule has 0 bridgehead atoms. The summed E-state index contributed by atoms with van der Waals surface area (Å²) < 4.78 is 9.83. The number of rotatable bonds is 9. The van der Waals surface area contributed by atoms with Crippen LogP contribution in [0.2, 0.25) is 5.02 Å². The number of methoxy groups -OCH3 is 1. The highest BCUT2D eigenvalue weighted by Gasteiger charge is 2.36. The Morgan fingerprint density at radius 1 is 1.36 bits per heavy atom. The molecule has 1 aliphatic rings. The Morgan fingerprint density at radius 2 is 2.11 bits per heavy atom. The van der Waals surface area contributed by atoms with Crippen LogP contribution in [-0.4, -0.2) is 66.4 Å². The van der Waals surface area contributed by atoms with E-state index in [2.05, 4.69) is 5.32 Å².